The number of halogens is 5. The van der Waals surface area contributed by atoms with Crippen molar-refractivity contribution in [3.8, 4) is 0 Å². The van der Waals surface area contributed by atoms with Gasteiger partial charge in [-0.05, 0) is 40.5 Å². The van der Waals surface area contributed by atoms with Crippen molar-refractivity contribution in [1.29, 1.82) is 0 Å². The summed E-state index contributed by atoms with van der Waals surface area (Å²) < 4.78 is 15.1. The van der Waals surface area contributed by atoms with E-state index in [1.807, 2.05) is 39.8 Å². The molecule has 0 unspecified atom stereocenters. The molecule has 50 heavy (non-hydrogen) atoms. The Morgan fingerprint density at radius 3 is 0.740 bits per heavy atom. The number of alkyl halides is 4. The van der Waals surface area contributed by atoms with Gasteiger partial charge in [-0.15, -0.1) is 13.2 Å². The van der Waals surface area contributed by atoms with Crippen molar-refractivity contribution in [1.82, 2.24) is 0 Å². The molecule has 0 aromatic carbocycles. The maximum Gasteiger partial charge on any atom is 1.00 e. The first kappa shape index (κ1) is 132. The maximum atomic E-state index is 7.57. The van der Waals surface area contributed by atoms with Crippen LogP contribution < -0.4 is 18.9 Å². The van der Waals surface area contributed by atoms with Crippen molar-refractivity contribution < 1.29 is 58.3 Å². The van der Waals surface area contributed by atoms with Gasteiger partial charge in [0.25, 0.3) is 3.25 Å². The molecule has 0 bridgehead atoms. The van der Waals surface area contributed by atoms with Gasteiger partial charge in [0.1, 0.15) is 9.55 Å². The SMILES string of the molecule is C.C.C.C.C.C.C.C.C.C=CCC.C=CCC.C=C[CH2-].CCC.CCC.CCO.CCO[Si](CC)(OCC)OCC.ClC(Cl)(Cl)Cl.[Li+].[Pt].[SiH3]Cl. The van der Waals surface area contributed by atoms with Crippen LogP contribution in [0, 0.1) is 6.92 Å². The van der Waals surface area contributed by atoms with E-state index in [0.717, 1.165) is 28.4 Å². The van der Waals surface area contributed by atoms with Crippen molar-refractivity contribution in [2.24, 2.45) is 0 Å². The number of allylic oxidation sites excluding steroid dienone is 3. The molecule has 0 aliphatic carbocycles. The summed E-state index contributed by atoms with van der Waals surface area (Å²) in [5, 5.41) is 7.57. The second-order valence-electron chi connectivity index (χ2n) is 6.18. The topological polar surface area (TPSA) is 47.9 Å². The zero-order chi connectivity index (χ0) is 33.6. The number of hydrogen-bond donors (Lipinski definition) is 1. The van der Waals surface area contributed by atoms with Gasteiger partial charge < -0.3 is 18.4 Å². The molecule has 0 atom stereocenters. The molecule has 0 aromatic rings. The molecule has 0 aliphatic heterocycles. The minimum atomic E-state index is -2.27. The molecule has 0 saturated carbocycles. The third-order valence-electron chi connectivity index (χ3n) is 2.10. The van der Waals surface area contributed by atoms with Gasteiger partial charge >= 0.3 is 27.7 Å². The molecule has 0 aromatic heterocycles. The van der Waals surface area contributed by atoms with Crippen LogP contribution in [0.25, 0.3) is 0 Å². The van der Waals surface area contributed by atoms with Crippen LogP contribution in [0.5, 0.6) is 0 Å². The predicted molar refractivity (Wildman–Crippen MR) is 255 cm³/mol. The van der Waals surface area contributed by atoms with Gasteiger partial charge in [0, 0.05) is 53.5 Å². The van der Waals surface area contributed by atoms with Crippen LogP contribution in [0.1, 0.15) is 169 Å². The molecule has 0 amide bonds. The van der Waals surface area contributed by atoms with Gasteiger partial charge in [-0.3, -0.25) is 0 Å². The minimum absolute atomic E-state index is 0. The van der Waals surface area contributed by atoms with Gasteiger partial charge in [-0.25, -0.2) is 19.6 Å². The first-order valence-electron chi connectivity index (χ1n) is 13.5. The zero-order valence-corrected chi connectivity index (χ0v) is 37.9. The Morgan fingerprint density at radius 1 is 0.600 bits per heavy atom. The maximum absolute atomic E-state index is 7.57. The molecule has 0 rings (SSSR count). The Labute approximate surface area is 380 Å². The van der Waals surface area contributed by atoms with Crippen molar-refractivity contribution in [3.05, 3.63) is 44.9 Å². The summed E-state index contributed by atoms with van der Waals surface area (Å²) >= 11 is 24.1. The fourth-order valence-electron chi connectivity index (χ4n) is 1.09. The predicted octanol–water partition coefficient (Wildman–Crippen LogP) is 13.8. The Morgan fingerprint density at radius 2 is 0.700 bits per heavy atom. The minimum Gasteiger partial charge on any atom is -0.397 e. The summed E-state index contributed by atoms with van der Waals surface area (Å²) in [5.74, 6) is 0. The number of rotatable bonds is 9. The average Bonchev–Trinajstić information content (AvgIpc) is 2.87. The molecule has 1 N–H and O–H groups in total. The van der Waals surface area contributed by atoms with E-state index in [0.29, 0.717) is 19.8 Å². The smallest absolute Gasteiger partial charge is 0.397 e. The second kappa shape index (κ2) is 151. The van der Waals surface area contributed by atoms with Gasteiger partial charge in [0.05, 0.1) is 0 Å². The van der Waals surface area contributed by atoms with Crippen LogP contribution in [0.4, 0.5) is 0 Å². The molecule has 0 heterocycles. The van der Waals surface area contributed by atoms with Crippen LogP contribution in [0.15, 0.2) is 38.0 Å². The molecule has 4 nitrogen and oxygen atoms in total. The van der Waals surface area contributed by atoms with Crippen molar-refractivity contribution in [2.75, 3.05) is 26.4 Å². The molecule has 0 fully saturated rings. The van der Waals surface area contributed by atoms with E-state index in [1.165, 1.54) is 18.9 Å². The quantitative estimate of drug-likeness (QED) is 0.0822. The molecule has 0 radical (unpaired) electrons. The summed E-state index contributed by atoms with van der Waals surface area (Å²) in [6, 6.07) is 0.850. The van der Waals surface area contributed by atoms with E-state index in [9.17, 15) is 0 Å². The molecule has 0 aliphatic rings. The summed E-state index contributed by atoms with van der Waals surface area (Å²) in [4.78, 5) is 0. The molecular formula is C37H102Cl5LiO4PtSi2. The van der Waals surface area contributed by atoms with Crippen molar-refractivity contribution >= 4 is 75.8 Å². The van der Waals surface area contributed by atoms with E-state index in [-0.39, 0.29) is 113 Å². The standard InChI is InChI=1S/C8H20O3Si.2C4H8.2C3H8.C3H5.C2H6O.CCl4.9CH4.ClH3Si.Li.Pt/c1-5-9-12(8-4,10-6-2)11-7-3;2*1-3-4-2;3*1-3-2;1-2-3;2-1(3,4)5;;;;;;;;;;1-2;;/h5-8H2,1-4H3;2*3H,1,4H2,2H3;2*3H2,1-2H3;3H,1-2H2;3H,2H2,1H3;;9*1H4;2H3;;/q;;;;;-1;;;;;;;;;;;;;+1;. The molecule has 13 heteroatoms. The molecule has 0 saturated heterocycles. The summed E-state index contributed by atoms with van der Waals surface area (Å²) in [7, 11) is -1.49. The Kier molecular flexibility index (Phi) is 400. The summed E-state index contributed by atoms with van der Waals surface area (Å²) in [5.41, 5.74) is 0. The zero-order valence-electron chi connectivity index (χ0n) is 28.8. The molecular weight excluding hydrogens is 944 g/mol. The van der Waals surface area contributed by atoms with Crippen LogP contribution in [0.3, 0.4) is 0 Å². The monoisotopic (exact) mass is 1040 g/mol. The largest absolute Gasteiger partial charge is 1.00 e. The van der Waals surface area contributed by atoms with Crippen LogP contribution in [-0.2, 0) is 34.3 Å². The van der Waals surface area contributed by atoms with Crippen LogP contribution in [0.2, 0.25) is 6.04 Å². The van der Waals surface area contributed by atoms with E-state index >= 15 is 0 Å². The summed E-state index contributed by atoms with van der Waals surface area (Å²) in [6.45, 7) is 38.0. The summed E-state index contributed by atoms with van der Waals surface area (Å²) in [6.07, 6.45) is 9.92. The molecule has 0 spiro atoms. The number of aliphatic hydroxyl groups excluding tert-OH is 1. The van der Waals surface area contributed by atoms with Gasteiger partial charge in [0.15, 0.2) is 0 Å². The third kappa shape index (κ3) is 331. The second-order valence-corrected chi connectivity index (χ2v) is 12.5. The first-order valence-corrected chi connectivity index (χ1v) is 20.0. The van der Waals surface area contributed by atoms with E-state index < -0.39 is 12.1 Å². The first-order chi connectivity index (χ1) is 18.2. The van der Waals surface area contributed by atoms with E-state index in [1.54, 1.807) is 6.92 Å². The fraction of sp³-hybridized carbons (Fsp3) is 0.811. The fourth-order valence-corrected chi connectivity index (χ4v) is 3.27. The Hall–Kier alpha value is 2.10. The average molecular weight is 1050 g/mol. The third-order valence-corrected chi connectivity index (χ3v) is 5.15. The van der Waals surface area contributed by atoms with Crippen LogP contribution >= 0.6 is 57.5 Å². The van der Waals surface area contributed by atoms with Crippen molar-refractivity contribution in [3.63, 3.8) is 0 Å². The van der Waals surface area contributed by atoms with E-state index in [2.05, 4.69) is 68.2 Å². The number of hydrogen-bond acceptors (Lipinski definition) is 4. The van der Waals surface area contributed by atoms with Crippen LogP contribution in [-0.4, -0.2) is 53.1 Å². The van der Waals surface area contributed by atoms with Gasteiger partial charge in [-0.1, -0.05) is 187 Å². The van der Waals surface area contributed by atoms with E-state index in [4.69, 9.17) is 75.9 Å². The van der Waals surface area contributed by atoms with Crippen molar-refractivity contribution in [2.45, 2.75) is 178 Å². The Balaban J connectivity index is -0.0000000117. The van der Waals surface area contributed by atoms with Gasteiger partial charge in [0.2, 0.25) is 0 Å². The normalized spacial score (nSPS) is 6.58. The van der Waals surface area contributed by atoms with Gasteiger partial charge in [-0.2, -0.15) is 11.1 Å². The number of aliphatic hydroxyl groups is 1. The molecule has 328 valence electrons. The Bertz CT molecular complexity index is 347.